The van der Waals surface area contributed by atoms with Crippen molar-refractivity contribution in [3.05, 3.63) is 49.1 Å². The number of aliphatic hydroxyl groups is 1. The van der Waals surface area contributed by atoms with Gasteiger partial charge in [-0.1, -0.05) is 0 Å². The van der Waals surface area contributed by atoms with Gasteiger partial charge in [-0.15, -0.1) is 0 Å². The van der Waals surface area contributed by atoms with E-state index in [0.29, 0.717) is 13.1 Å². The van der Waals surface area contributed by atoms with Crippen molar-refractivity contribution in [1.29, 1.82) is 0 Å². The van der Waals surface area contributed by atoms with Crippen molar-refractivity contribution >= 4 is 11.4 Å². The van der Waals surface area contributed by atoms with Crippen molar-refractivity contribution in [2.24, 2.45) is 0 Å². The molecule has 4 heterocycles. The topological polar surface area (TPSA) is 34.5 Å². The highest BCUT2D eigenvalue weighted by atomic mass is 16.3. The lowest BCUT2D eigenvalue weighted by molar-refractivity contribution is -0.737. The molecule has 0 radical (unpaired) electrons. The van der Waals surface area contributed by atoms with Gasteiger partial charge in [-0.2, -0.15) is 0 Å². The average molecular weight is 354 g/mol. The zero-order chi connectivity index (χ0) is 17.8. The quantitative estimate of drug-likeness (QED) is 0.799. The lowest BCUT2D eigenvalue weighted by Gasteiger charge is -2.16. The minimum absolute atomic E-state index is 0.403. The highest BCUT2D eigenvalue weighted by Gasteiger charge is 2.19. The molecule has 0 spiro atoms. The molecule has 0 bridgehead atoms. The molecule has 2 aromatic rings. The summed E-state index contributed by atoms with van der Waals surface area (Å²) in [5, 5.41) is 10.5. The molecule has 26 heavy (non-hydrogen) atoms. The molecule has 5 heteroatoms. The molecule has 4 rings (SSSR count). The summed E-state index contributed by atoms with van der Waals surface area (Å²) in [5.74, 6) is 0. The molecule has 2 fully saturated rings. The van der Waals surface area contributed by atoms with Crippen molar-refractivity contribution in [2.75, 3.05) is 36.0 Å². The van der Waals surface area contributed by atoms with E-state index in [1.807, 2.05) is 0 Å². The van der Waals surface area contributed by atoms with Crippen molar-refractivity contribution in [1.82, 2.24) is 0 Å². The molecule has 5 nitrogen and oxygen atoms in total. The van der Waals surface area contributed by atoms with E-state index < -0.39 is 6.10 Å². The van der Waals surface area contributed by atoms with Gasteiger partial charge < -0.3 is 14.9 Å². The van der Waals surface area contributed by atoms with Crippen LogP contribution in [0.25, 0.3) is 0 Å². The molecular formula is C21H30N4O+2. The number of rotatable bonds is 6. The number of anilines is 2. The van der Waals surface area contributed by atoms with E-state index in [0.717, 1.165) is 26.2 Å². The van der Waals surface area contributed by atoms with E-state index in [1.165, 1.54) is 37.1 Å². The molecular weight excluding hydrogens is 324 g/mol. The van der Waals surface area contributed by atoms with Crippen LogP contribution in [0.5, 0.6) is 0 Å². The van der Waals surface area contributed by atoms with Crippen LogP contribution in [0.15, 0.2) is 49.1 Å². The van der Waals surface area contributed by atoms with E-state index in [9.17, 15) is 5.11 Å². The molecule has 0 amide bonds. The van der Waals surface area contributed by atoms with Crippen LogP contribution in [0.3, 0.4) is 0 Å². The number of aromatic nitrogens is 2. The van der Waals surface area contributed by atoms with Crippen molar-refractivity contribution in [3.63, 3.8) is 0 Å². The molecule has 0 aromatic carbocycles. The number of hydrogen-bond donors (Lipinski definition) is 1. The summed E-state index contributed by atoms with van der Waals surface area (Å²) >= 11 is 0. The first-order valence-electron chi connectivity index (χ1n) is 9.94. The van der Waals surface area contributed by atoms with Crippen LogP contribution in [0.2, 0.25) is 0 Å². The lowest BCUT2D eigenvalue weighted by Crippen LogP contribution is -2.47. The van der Waals surface area contributed by atoms with Crippen molar-refractivity contribution in [2.45, 2.75) is 44.9 Å². The highest BCUT2D eigenvalue weighted by molar-refractivity contribution is 5.45. The summed E-state index contributed by atoms with van der Waals surface area (Å²) in [6, 6.07) is 8.65. The summed E-state index contributed by atoms with van der Waals surface area (Å²) in [5.41, 5.74) is 2.58. The minimum Gasteiger partial charge on any atom is -0.381 e. The van der Waals surface area contributed by atoms with E-state index in [4.69, 9.17) is 0 Å². The second-order valence-corrected chi connectivity index (χ2v) is 7.55. The third-order valence-corrected chi connectivity index (χ3v) is 5.53. The van der Waals surface area contributed by atoms with Gasteiger partial charge in [0.15, 0.2) is 44.0 Å². The van der Waals surface area contributed by atoms with Gasteiger partial charge in [-0.3, -0.25) is 0 Å². The fourth-order valence-electron chi connectivity index (χ4n) is 4.06. The monoisotopic (exact) mass is 354 g/mol. The third kappa shape index (κ3) is 4.15. The predicted molar refractivity (Wildman–Crippen MR) is 102 cm³/mol. The second-order valence-electron chi connectivity index (χ2n) is 7.55. The Kier molecular flexibility index (Phi) is 5.34. The Morgan fingerprint density at radius 1 is 0.692 bits per heavy atom. The van der Waals surface area contributed by atoms with Gasteiger partial charge >= 0.3 is 0 Å². The van der Waals surface area contributed by atoms with Crippen LogP contribution in [0.1, 0.15) is 25.7 Å². The minimum atomic E-state index is -0.403. The van der Waals surface area contributed by atoms with E-state index >= 15 is 0 Å². The van der Waals surface area contributed by atoms with Gasteiger partial charge in [0.1, 0.15) is 0 Å². The molecule has 138 valence electrons. The first kappa shape index (κ1) is 17.3. The van der Waals surface area contributed by atoms with Crippen molar-refractivity contribution in [3.8, 4) is 0 Å². The van der Waals surface area contributed by atoms with Crippen molar-refractivity contribution < 1.29 is 14.2 Å². The fourth-order valence-corrected chi connectivity index (χ4v) is 4.06. The molecule has 2 saturated heterocycles. The predicted octanol–water partition coefficient (Wildman–Crippen LogP) is 1.52. The highest BCUT2D eigenvalue weighted by Crippen LogP contribution is 2.18. The molecule has 2 aromatic heterocycles. The zero-order valence-corrected chi connectivity index (χ0v) is 15.5. The molecule has 2 aliphatic heterocycles. The molecule has 0 atom stereocenters. The van der Waals surface area contributed by atoms with Gasteiger partial charge in [0, 0.05) is 61.8 Å². The van der Waals surface area contributed by atoms with Crippen LogP contribution in [0.4, 0.5) is 11.4 Å². The van der Waals surface area contributed by atoms with Crippen LogP contribution in [0, 0.1) is 0 Å². The first-order valence-corrected chi connectivity index (χ1v) is 9.94. The van der Waals surface area contributed by atoms with Gasteiger partial charge in [-0.25, -0.2) is 9.13 Å². The number of nitrogens with zero attached hydrogens (tertiary/aromatic N) is 4. The largest absolute Gasteiger partial charge is 0.381 e. The molecule has 1 N–H and O–H groups in total. The van der Waals surface area contributed by atoms with Gasteiger partial charge in [-0.05, 0) is 25.7 Å². The average Bonchev–Trinajstić information content (AvgIpc) is 3.37. The standard InChI is InChI=1S/C21H30N4O/c26-21(17-22-13-5-19(6-14-22)24-9-1-2-10-24)18-23-15-7-20(8-16-23)25-11-3-4-12-25/h5-8,13-16,21,26H,1-4,9-12,17-18H2/q+2. The maximum Gasteiger partial charge on any atom is 0.180 e. The Morgan fingerprint density at radius 2 is 1.04 bits per heavy atom. The summed E-state index contributed by atoms with van der Waals surface area (Å²) in [7, 11) is 0. The maximum atomic E-state index is 10.5. The Balaban J connectivity index is 1.31. The lowest BCUT2D eigenvalue weighted by atomic mass is 10.3. The second kappa shape index (κ2) is 8.04. The number of hydrogen-bond acceptors (Lipinski definition) is 3. The Morgan fingerprint density at radius 3 is 1.38 bits per heavy atom. The summed E-state index contributed by atoms with van der Waals surface area (Å²) < 4.78 is 4.15. The smallest absolute Gasteiger partial charge is 0.180 e. The van der Waals surface area contributed by atoms with Crippen LogP contribution in [-0.2, 0) is 13.1 Å². The fraction of sp³-hybridized carbons (Fsp3) is 0.524. The van der Waals surface area contributed by atoms with Crippen LogP contribution >= 0.6 is 0 Å². The zero-order valence-electron chi connectivity index (χ0n) is 15.5. The van der Waals surface area contributed by atoms with E-state index in [1.54, 1.807) is 0 Å². The van der Waals surface area contributed by atoms with Gasteiger partial charge in [0.05, 0.1) is 0 Å². The Labute approximate surface area is 156 Å². The molecule has 0 aliphatic carbocycles. The Bertz CT molecular complexity index is 627. The summed E-state index contributed by atoms with van der Waals surface area (Å²) in [6.07, 6.45) is 13.1. The summed E-state index contributed by atoms with van der Waals surface area (Å²) in [6.45, 7) is 5.88. The summed E-state index contributed by atoms with van der Waals surface area (Å²) in [4.78, 5) is 4.86. The first-order chi connectivity index (χ1) is 12.8. The normalized spacial score (nSPS) is 17.5. The van der Waals surface area contributed by atoms with Gasteiger partial charge in [0.2, 0.25) is 0 Å². The van der Waals surface area contributed by atoms with Crippen LogP contribution in [-0.4, -0.2) is 37.4 Å². The van der Waals surface area contributed by atoms with Crippen LogP contribution < -0.4 is 18.9 Å². The molecule has 2 aliphatic rings. The third-order valence-electron chi connectivity index (χ3n) is 5.53. The SMILES string of the molecule is OC(C[n+]1ccc(N2CCCC2)cc1)C[n+]1ccc(N2CCCC2)cc1. The number of aliphatic hydroxyl groups excluding tert-OH is 1. The van der Waals surface area contributed by atoms with E-state index in [2.05, 4.69) is 68.0 Å². The molecule has 0 saturated carbocycles. The number of pyridine rings is 2. The maximum absolute atomic E-state index is 10.5. The van der Waals surface area contributed by atoms with Gasteiger partial charge in [0.25, 0.3) is 0 Å². The molecule has 0 unspecified atom stereocenters. The Hall–Kier alpha value is -2.14. The van der Waals surface area contributed by atoms with E-state index in [-0.39, 0.29) is 0 Å².